The first kappa shape index (κ1) is 22.0. The fraction of sp³-hybridized carbons (Fsp3) is 0.619. The minimum atomic E-state index is -0.674. The summed E-state index contributed by atoms with van der Waals surface area (Å²) >= 11 is 0. The van der Waals surface area contributed by atoms with Crippen molar-refractivity contribution in [2.45, 2.75) is 46.3 Å². The van der Waals surface area contributed by atoms with E-state index in [-0.39, 0.29) is 11.8 Å². The monoisotopic (exact) mass is 390 g/mol. The van der Waals surface area contributed by atoms with Gasteiger partial charge in [-0.1, -0.05) is 13.8 Å². The van der Waals surface area contributed by atoms with E-state index in [1.807, 2.05) is 38.1 Å². The molecule has 7 nitrogen and oxygen atoms in total. The Morgan fingerprint density at radius 3 is 2.11 bits per heavy atom. The van der Waals surface area contributed by atoms with Crippen LogP contribution in [0.25, 0.3) is 0 Å². The van der Waals surface area contributed by atoms with Gasteiger partial charge in [0, 0.05) is 37.6 Å². The molecule has 0 aliphatic carbocycles. The Balaban J connectivity index is 1.96. The molecule has 156 valence electrons. The molecule has 1 aliphatic heterocycles. The first-order chi connectivity index (χ1) is 13.0. The third-order valence-corrected chi connectivity index (χ3v) is 4.62. The molecular formula is C21H34N4O3. The average Bonchev–Trinajstić information content (AvgIpc) is 2.59. The summed E-state index contributed by atoms with van der Waals surface area (Å²) in [7, 11) is 2.13. The van der Waals surface area contributed by atoms with Gasteiger partial charge in [0.1, 0.15) is 11.6 Å². The summed E-state index contributed by atoms with van der Waals surface area (Å²) in [6, 6.07) is 7.17. The fourth-order valence-electron chi connectivity index (χ4n) is 3.01. The van der Waals surface area contributed by atoms with Gasteiger partial charge in [0.25, 0.3) is 0 Å². The molecule has 2 rings (SSSR count). The van der Waals surface area contributed by atoms with Crippen LogP contribution in [0.5, 0.6) is 0 Å². The minimum absolute atomic E-state index is 0.0721. The zero-order chi connectivity index (χ0) is 20.9. The first-order valence-corrected chi connectivity index (χ1v) is 9.89. The van der Waals surface area contributed by atoms with Crippen molar-refractivity contribution in [3.8, 4) is 0 Å². The third-order valence-electron chi connectivity index (χ3n) is 4.62. The summed E-state index contributed by atoms with van der Waals surface area (Å²) in [6.07, 6.45) is -0.591. The second kappa shape index (κ2) is 9.28. The molecular weight excluding hydrogens is 356 g/mol. The number of alkyl carbamates (subject to hydrolysis) is 1. The molecule has 1 aliphatic rings. The first-order valence-electron chi connectivity index (χ1n) is 9.89. The van der Waals surface area contributed by atoms with Crippen LogP contribution in [0.15, 0.2) is 24.3 Å². The van der Waals surface area contributed by atoms with Crippen LogP contribution in [-0.4, -0.2) is 61.8 Å². The maximum Gasteiger partial charge on any atom is 0.408 e. The number of rotatable bonds is 5. The fourth-order valence-corrected chi connectivity index (χ4v) is 3.01. The largest absolute Gasteiger partial charge is 0.444 e. The normalized spacial score (nSPS) is 16.6. The number of hydrogen-bond acceptors (Lipinski definition) is 5. The number of ether oxygens (including phenoxy) is 1. The maximum atomic E-state index is 12.7. The molecule has 1 aromatic rings. The van der Waals surface area contributed by atoms with Crippen molar-refractivity contribution >= 4 is 23.4 Å². The lowest BCUT2D eigenvalue weighted by Crippen LogP contribution is -2.48. The van der Waals surface area contributed by atoms with Gasteiger partial charge in [-0.3, -0.25) is 4.79 Å². The molecule has 1 saturated heterocycles. The number of carbonyl (C=O) groups is 2. The number of carbonyl (C=O) groups excluding carboxylic acids is 2. The van der Waals surface area contributed by atoms with E-state index in [9.17, 15) is 9.59 Å². The summed E-state index contributed by atoms with van der Waals surface area (Å²) in [4.78, 5) is 29.4. The van der Waals surface area contributed by atoms with Crippen LogP contribution in [0.3, 0.4) is 0 Å². The van der Waals surface area contributed by atoms with E-state index < -0.39 is 17.7 Å². The van der Waals surface area contributed by atoms with E-state index in [1.165, 1.54) is 0 Å². The van der Waals surface area contributed by atoms with Crippen molar-refractivity contribution in [3.05, 3.63) is 24.3 Å². The number of piperazine rings is 1. The molecule has 0 saturated carbocycles. The van der Waals surface area contributed by atoms with Gasteiger partial charge in [-0.25, -0.2) is 4.79 Å². The van der Waals surface area contributed by atoms with Crippen molar-refractivity contribution < 1.29 is 14.3 Å². The van der Waals surface area contributed by atoms with E-state index in [0.29, 0.717) is 5.69 Å². The third kappa shape index (κ3) is 6.71. The van der Waals surface area contributed by atoms with E-state index in [1.54, 1.807) is 20.8 Å². The van der Waals surface area contributed by atoms with Crippen molar-refractivity contribution in [2.24, 2.45) is 5.92 Å². The van der Waals surface area contributed by atoms with Gasteiger partial charge >= 0.3 is 6.09 Å². The Morgan fingerprint density at radius 1 is 1.04 bits per heavy atom. The lowest BCUT2D eigenvalue weighted by atomic mass is 10.0. The second-order valence-corrected chi connectivity index (χ2v) is 8.69. The molecule has 28 heavy (non-hydrogen) atoms. The van der Waals surface area contributed by atoms with Gasteiger partial charge in [0.2, 0.25) is 5.91 Å². The number of amides is 2. The Hall–Kier alpha value is -2.28. The molecule has 0 aromatic heterocycles. The van der Waals surface area contributed by atoms with Crippen molar-refractivity contribution in [3.63, 3.8) is 0 Å². The highest BCUT2D eigenvalue weighted by Gasteiger charge is 2.27. The Morgan fingerprint density at radius 2 is 1.61 bits per heavy atom. The molecule has 1 aromatic carbocycles. The quantitative estimate of drug-likeness (QED) is 0.809. The molecule has 1 heterocycles. The molecule has 0 bridgehead atoms. The van der Waals surface area contributed by atoms with Crippen LogP contribution in [0, 0.1) is 5.92 Å². The molecule has 7 heteroatoms. The standard InChI is InChI=1S/C21H34N4O3/c1-15(2)18(23-20(27)28-21(3,4)5)19(26)22-16-7-9-17(10-8-16)25-13-11-24(6)12-14-25/h7-10,15,18H,11-14H2,1-6H3,(H,22,26)(H,23,27). The lowest BCUT2D eigenvalue weighted by Gasteiger charge is -2.34. The van der Waals surface area contributed by atoms with Gasteiger partial charge in [-0.05, 0) is 58.0 Å². The van der Waals surface area contributed by atoms with Crippen LogP contribution >= 0.6 is 0 Å². The van der Waals surface area contributed by atoms with Gasteiger partial charge in [0.15, 0.2) is 0 Å². The van der Waals surface area contributed by atoms with Crippen molar-refractivity contribution in [1.82, 2.24) is 10.2 Å². The summed E-state index contributed by atoms with van der Waals surface area (Å²) in [6.45, 7) is 13.2. The van der Waals surface area contributed by atoms with Gasteiger partial charge in [-0.15, -0.1) is 0 Å². The predicted octanol–water partition coefficient (Wildman–Crippen LogP) is 2.93. The Labute approximate surface area is 168 Å². The number of nitrogens with one attached hydrogen (secondary N) is 2. The molecule has 1 fully saturated rings. The molecule has 1 unspecified atom stereocenters. The number of benzene rings is 1. The van der Waals surface area contributed by atoms with Crippen LogP contribution < -0.4 is 15.5 Å². The zero-order valence-electron chi connectivity index (χ0n) is 17.9. The van der Waals surface area contributed by atoms with Gasteiger partial charge in [0.05, 0.1) is 0 Å². The number of hydrogen-bond donors (Lipinski definition) is 2. The van der Waals surface area contributed by atoms with E-state index in [4.69, 9.17) is 4.74 Å². The Bertz CT molecular complexity index is 659. The summed E-state index contributed by atoms with van der Waals surface area (Å²) in [5, 5.41) is 5.57. The van der Waals surface area contributed by atoms with Crippen LogP contribution in [0.1, 0.15) is 34.6 Å². The smallest absolute Gasteiger partial charge is 0.408 e. The van der Waals surface area contributed by atoms with Crippen molar-refractivity contribution in [1.29, 1.82) is 0 Å². The minimum Gasteiger partial charge on any atom is -0.444 e. The number of anilines is 2. The van der Waals surface area contributed by atoms with Crippen LogP contribution in [-0.2, 0) is 9.53 Å². The average molecular weight is 391 g/mol. The number of nitrogens with zero attached hydrogens (tertiary/aromatic N) is 2. The van der Waals surface area contributed by atoms with Crippen LogP contribution in [0.4, 0.5) is 16.2 Å². The summed E-state index contributed by atoms with van der Waals surface area (Å²) < 4.78 is 5.27. The van der Waals surface area contributed by atoms with E-state index in [2.05, 4.69) is 27.5 Å². The van der Waals surface area contributed by atoms with Crippen molar-refractivity contribution in [2.75, 3.05) is 43.4 Å². The SMILES string of the molecule is CC(C)C(NC(=O)OC(C)(C)C)C(=O)Nc1ccc(N2CCN(C)CC2)cc1. The Kier molecular flexibility index (Phi) is 7.29. The van der Waals surface area contributed by atoms with Crippen LogP contribution in [0.2, 0.25) is 0 Å². The lowest BCUT2D eigenvalue weighted by molar-refractivity contribution is -0.119. The van der Waals surface area contributed by atoms with Gasteiger partial charge in [-0.2, -0.15) is 0 Å². The molecule has 0 spiro atoms. The second-order valence-electron chi connectivity index (χ2n) is 8.69. The topological polar surface area (TPSA) is 73.9 Å². The zero-order valence-corrected chi connectivity index (χ0v) is 17.9. The molecule has 2 N–H and O–H groups in total. The molecule has 2 amide bonds. The predicted molar refractivity (Wildman–Crippen MR) is 113 cm³/mol. The molecule has 1 atom stereocenters. The van der Waals surface area contributed by atoms with Gasteiger partial charge < -0.3 is 25.2 Å². The highest BCUT2D eigenvalue weighted by molar-refractivity contribution is 5.96. The molecule has 0 radical (unpaired) electrons. The van der Waals surface area contributed by atoms with E-state index in [0.717, 1.165) is 31.9 Å². The summed E-state index contributed by atoms with van der Waals surface area (Å²) in [5.41, 5.74) is 1.25. The highest BCUT2D eigenvalue weighted by atomic mass is 16.6. The number of likely N-dealkylation sites (N-methyl/N-ethyl adjacent to an activating group) is 1. The van der Waals surface area contributed by atoms with E-state index >= 15 is 0 Å². The summed E-state index contributed by atoms with van der Waals surface area (Å²) in [5.74, 6) is -0.328. The maximum absolute atomic E-state index is 12.7. The highest BCUT2D eigenvalue weighted by Crippen LogP contribution is 2.20.